The lowest BCUT2D eigenvalue weighted by Gasteiger charge is -2.37. The van der Waals surface area contributed by atoms with Crippen LogP contribution in [0.2, 0.25) is 0 Å². The van der Waals surface area contributed by atoms with Crippen LogP contribution in [0.15, 0.2) is 36.1 Å². The molecular formula is C22H31NO7. The van der Waals surface area contributed by atoms with Crippen molar-refractivity contribution in [3.05, 3.63) is 47.2 Å². The van der Waals surface area contributed by atoms with Crippen LogP contribution < -0.4 is 5.32 Å². The molecule has 8 nitrogen and oxygen atoms in total. The van der Waals surface area contributed by atoms with E-state index in [4.69, 9.17) is 18.9 Å². The van der Waals surface area contributed by atoms with Crippen LogP contribution in [0.4, 0.5) is 0 Å². The van der Waals surface area contributed by atoms with Crippen LogP contribution in [0, 0.1) is 5.92 Å². The first-order chi connectivity index (χ1) is 14.5. The number of hydrogen-bond acceptors (Lipinski definition) is 7. The molecule has 0 saturated heterocycles. The summed E-state index contributed by atoms with van der Waals surface area (Å²) in [6.07, 6.45) is 2.39. The topological polar surface area (TPSA) is 103 Å². The van der Waals surface area contributed by atoms with Crippen molar-refractivity contribution in [1.29, 1.82) is 0 Å². The number of ether oxygens (including phenoxy) is 4. The highest BCUT2D eigenvalue weighted by Gasteiger charge is 2.37. The Morgan fingerprint density at radius 1 is 1.20 bits per heavy atom. The van der Waals surface area contributed by atoms with Crippen molar-refractivity contribution >= 4 is 11.9 Å². The second kappa shape index (κ2) is 12.3. The predicted octanol–water partition coefficient (Wildman–Crippen LogP) is 1.98. The van der Waals surface area contributed by atoms with Crippen LogP contribution >= 0.6 is 0 Å². The molecule has 1 aliphatic heterocycles. The molecule has 0 aliphatic carbocycles. The van der Waals surface area contributed by atoms with E-state index in [1.165, 1.54) is 7.11 Å². The van der Waals surface area contributed by atoms with Gasteiger partial charge in [-0.2, -0.15) is 0 Å². The van der Waals surface area contributed by atoms with Gasteiger partial charge in [-0.3, -0.25) is 4.79 Å². The van der Waals surface area contributed by atoms with Crippen LogP contribution in [0.25, 0.3) is 0 Å². The number of esters is 1. The second-order valence-electron chi connectivity index (χ2n) is 6.89. The number of carbonyl (C=O) groups is 2. The lowest BCUT2D eigenvalue weighted by atomic mass is 9.80. The van der Waals surface area contributed by atoms with Gasteiger partial charge in [0.25, 0.3) is 5.91 Å². The molecule has 30 heavy (non-hydrogen) atoms. The van der Waals surface area contributed by atoms with Gasteiger partial charge in [-0.1, -0.05) is 12.1 Å². The fourth-order valence-electron chi connectivity index (χ4n) is 3.46. The van der Waals surface area contributed by atoms with Crippen molar-refractivity contribution in [2.24, 2.45) is 5.92 Å². The highest BCUT2D eigenvalue weighted by atomic mass is 16.7. The first kappa shape index (κ1) is 23.9. The number of aliphatic hydroxyl groups excluding tert-OH is 1. The molecule has 0 saturated carbocycles. The van der Waals surface area contributed by atoms with Gasteiger partial charge in [-0.05, 0) is 43.5 Å². The van der Waals surface area contributed by atoms with Crippen LogP contribution in [0.1, 0.15) is 41.6 Å². The Kier molecular flexibility index (Phi) is 9.79. The zero-order chi connectivity index (χ0) is 21.9. The van der Waals surface area contributed by atoms with Gasteiger partial charge >= 0.3 is 5.97 Å². The summed E-state index contributed by atoms with van der Waals surface area (Å²) >= 11 is 0. The lowest BCUT2D eigenvalue weighted by Crippen LogP contribution is -2.39. The summed E-state index contributed by atoms with van der Waals surface area (Å²) in [6.45, 7) is 3.10. The van der Waals surface area contributed by atoms with E-state index < -0.39 is 12.3 Å². The maximum atomic E-state index is 12.6. The molecule has 0 spiro atoms. The number of benzene rings is 1. The molecule has 166 valence electrons. The molecular weight excluding hydrogens is 390 g/mol. The van der Waals surface area contributed by atoms with Crippen LogP contribution in [0.5, 0.6) is 0 Å². The SMILES string of the molecule is CCO[C@@H]1OC(C(=O)NCCOC)=C[C@H](c2ccc(C(=O)OC)cc2)[C@@H]1CCCO. The van der Waals surface area contributed by atoms with Gasteiger partial charge < -0.3 is 29.4 Å². The van der Waals surface area contributed by atoms with E-state index >= 15 is 0 Å². The molecule has 0 fully saturated rings. The van der Waals surface area contributed by atoms with Crippen molar-refractivity contribution in [3.8, 4) is 0 Å². The van der Waals surface area contributed by atoms with Gasteiger partial charge in [0.05, 0.1) is 19.3 Å². The number of rotatable bonds is 11. The monoisotopic (exact) mass is 421 g/mol. The van der Waals surface area contributed by atoms with E-state index in [0.29, 0.717) is 38.2 Å². The Bertz CT molecular complexity index is 717. The number of nitrogens with one attached hydrogen (secondary N) is 1. The van der Waals surface area contributed by atoms with Gasteiger partial charge in [0.2, 0.25) is 6.29 Å². The van der Waals surface area contributed by atoms with E-state index in [0.717, 1.165) is 5.56 Å². The van der Waals surface area contributed by atoms with Crippen molar-refractivity contribution in [1.82, 2.24) is 5.32 Å². The predicted molar refractivity (Wildman–Crippen MR) is 110 cm³/mol. The Morgan fingerprint density at radius 3 is 2.53 bits per heavy atom. The fraction of sp³-hybridized carbons (Fsp3) is 0.545. The maximum Gasteiger partial charge on any atom is 0.337 e. The van der Waals surface area contributed by atoms with Gasteiger partial charge in [0.1, 0.15) is 0 Å². The molecule has 2 N–H and O–H groups in total. The highest BCUT2D eigenvalue weighted by molar-refractivity contribution is 5.92. The third-order valence-electron chi connectivity index (χ3n) is 4.94. The maximum absolute atomic E-state index is 12.6. The second-order valence-corrected chi connectivity index (χ2v) is 6.89. The van der Waals surface area contributed by atoms with Gasteiger partial charge in [-0.15, -0.1) is 0 Å². The zero-order valence-corrected chi connectivity index (χ0v) is 17.8. The Hall–Kier alpha value is -2.42. The smallest absolute Gasteiger partial charge is 0.337 e. The third-order valence-corrected chi connectivity index (χ3v) is 4.94. The Labute approximate surface area is 177 Å². The van der Waals surface area contributed by atoms with Crippen molar-refractivity contribution in [2.45, 2.75) is 32.0 Å². The number of carbonyl (C=O) groups excluding carboxylic acids is 2. The number of amides is 1. The average Bonchev–Trinajstić information content (AvgIpc) is 2.77. The van der Waals surface area contributed by atoms with Gasteiger partial charge in [0.15, 0.2) is 5.76 Å². The number of methoxy groups -OCH3 is 2. The minimum atomic E-state index is -0.625. The van der Waals surface area contributed by atoms with Crippen molar-refractivity contribution < 1.29 is 33.6 Å². The molecule has 1 aromatic carbocycles. The summed E-state index contributed by atoms with van der Waals surface area (Å²) in [7, 11) is 2.90. The molecule has 1 aliphatic rings. The largest absolute Gasteiger partial charge is 0.465 e. The van der Waals surface area contributed by atoms with Gasteiger partial charge in [-0.25, -0.2) is 4.79 Å². The molecule has 2 rings (SSSR count). The number of aliphatic hydroxyl groups is 1. The van der Waals surface area contributed by atoms with E-state index in [2.05, 4.69) is 5.32 Å². The molecule has 8 heteroatoms. The standard InChI is InChI=1S/C22H31NO7/c1-4-29-22-17(6-5-12-24)18(14-19(30-22)20(25)23-11-13-27-2)15-7-9-16(10-8-15)21(26)28-3/h7-10,14,17-18,22,24H,4-6,11-13H2,1-3H3,(H,23,25)/t17-,18+,22+/m0/s1. The van der Waals surface area contributed by atoms with Crippen molar-refractivity contribution in [3.63, 3.8) is 0 Å². The molecule has 0 bridgehead atoms. The summed E-state index contributed by atoms with van der Waals surface area (Å²) in [5, 5.41) is 12.1. The molecule has 0 unspecified atom stereocenters. The van der Waals surface area contributed by atoms with Crippen LogP contribution in [-0.2, 0) is 23.7 Å². The molecule has 0 radical (unpaired) electrons. The van der Waals surface area contributed by atoms with Crippen molar-refractivity contribution in [2.75, 3.05) is 40.6 Å². The van der Waals surface area contributed by atoms with E-state index in [1.807, 2.05) is 19.1 Å². The summed E-state index contributed by atoms with van der Waals surface area (Å²) in [5.74, 6) is -0.847. The van der Waals surface area contributed by atoms with E-state index in [9.17, 15) is 14.7 Å². The highest BCUT2D eigenvalue weighted by Crippen LogP contribution is 2.39. The summed E-state index contributed by atoms with van der Waals surface area (Å²) in [4.78, 5) is 24.3. The molecule has 1 aromatic rings. The molecule has 1 heterocycles. The third kappa shape index (κ3) is 6.29. The molecule has 1 amide bonds. The Morgan fingerprint density at radius 2 is 1.93 bits per heavy atom. The quantitative estimate of drug-likeness (QED) is 0.416. The average molecular weight is 421 g/mol. The van der Waals surface area contributed by atoms with Gasteiger partial charge in [0, 0.05) is 38.7 Å². The molecule has 0 aromatic heterocycles. The lowest BCUT2D eigenvalue weighted by molar-refractivity contribution is -0.166. The fourth-order valence-corrected chi connectivity index (χ4v) is 3.46. The summed E-state index contributed by atoms with van der Waals surface area (Å²) in [5.41, 5.74) is 1.36. The van der Waals surface area contributed by atoms with Crippen LogP contribution in [-0.4, -0.2) is 63.9 Å². The first-order valence-corrected chi connectivity index (χ1v) is 10.1. The minimum Gasteiger partial charge on any atom is -0.465 e. The van der Waals surface area contributed by atoms with Crippen LogP contribution in [0.3, 0.4) is 0 Å². The Balaban J connectivity index is 2.35. The summed E-state index contributed by atoms with van der Waals surface area (Å²) in [6, 6.07) is 7.07. The molecule has 3 atom stereocenters. The zero-order valence-electron chi connectivity index (χ0n) is 17.8. The number of hydrogen-bond donors (Lipinski definition) is 2. The first-order valence-electron chi connectivity index (χ1n) is 10.1. The van der Waals surface area contributed by atoms with E-state index in [-0.39, 0.29) is 30.1 Å². The summed E-state index contributed by atoms with van der Waals surface area (Å²) < 4.78 is 21.4. The number of allylic oxidation sites excluding steroid dienone is 1. The normalized spacial score (nSPS) is 20.8. The van der Waals surface area contributed by atoms with E-state index in [1.54, 1.807) is 25.3 Å². The minimum absolute atomic E-state index is 0.0530.